The van der Waals surface area contributed by atoms with Crippen molar-refractivity contribution in [2.75, 3.05) is 25.4 Å². The van der Waals surface area contributed by atoms with Crippen LogP contribution < -0.4 is 5.32 Å². The first kappa shape index (κ1) is 12.1. The molecule has 1 aromatic rings. The average molecular weight is 262 g/mol. The van der Waals surface area contributed by atoms with Crippen molar-refractivity contribution in [2.24, 2.45) is 0 Å². The summed E-state index contributed by atoms with van der Waals surface area (Å²) in [6.07, 6.45) is 0. The Morgan fingerprint density at radius 1 is 1.44 bits per heavy atom. The molecule has 1 N–H and O–H groups in total. The Morgan fingerprint density at radius 3 is 3.11 bits per heavy atom. The Bertz CT molecular complexity index is 463. The largest absolute Gasteiger partial charge is 0.339 e. The number of thioether (sulfide) groups is 1. The number of piperazine rings is 1. The lowest BCUT2D eigenvalue weighted by atomic mass is 9.99. The van der Waals surface area contributed by atoms with E-state index in [2.05, 4.69) is 24.4 Å². The molecule has 2 aliphatic heterocycles. The fourth-order valence-electron chi connectivity index (χ4n) is 2.72. The van der Waals surface area contributed by atoms with Gasteiger partial charge in [0.2, 0.25) is 5.91 Å². The normalized spacial score (nSPS) is 27.1. The highest BCUT2D eigenvalue weighted by Crippen LogP contribution is 2.40. The highest BCUT2D eigenvalue weighted by atomic mass is 32.2. The second-order valence-corrected chi connectivity index (χ2v) is 6.10. The zero-order chi connectivity index (χ0) is 12.5. The summed E-state index contributed by atoms with van der Waals surface area (Å²) in [5, 5.41) is 3.38. The predicted molar refractivity (Wildman–Crippen MR) is 74.0 cm³/mol. The summed E-state index contributed by atoms with van der Waals surface area (Å²) >= 11 is 1.81. The molecule has 2 unspecified atom stereocenters. The quantitative estimate of drug-likeness (QED) is 0.836. The smallest absolute Gasteiger partial charge is 0.231 e. The second kappa shape index (κ2) is 4.94. The molecule has 3 rings (SSSR count). The van der Waals surface area contributed by atoms with Gasteiger partial charge in [0.25, 0.3) is 0 Å². The maximum absolute atomic E-state index is 12.6. The number of amides is 1. The summed E-state index contributed by atoms with van der Waals surface area (Å²) in [4.78, 5) is 15.9. The van der Waals surface area contributed by atoms with Crippen LogP contribution in [0.3, 0.4) is 0 Å². The molecule has 1 saturated heterocycles. The van der Waals surface area contributed by atoms with E-state index in [1.807, 2.05) is 17.0 Å². The van der Waals surface area contributed by atoms with E-state index < -0.39 is 0 Å². The molecule has 1 aromatic carbocycles. The number of hydrogen-bond donors (Lipinski definition) is 1. The van der Waals surface area contributed by atoms with Gasteiger partial charge in [0.05, 0.1) is 5.92 Å². The minimum Gasteiger partial charge on any atom is -0.339 e. The third-order valence-corrected chi connectivity index (χ3v) is 4.86. The van der Waals surface area contributed by atoms with Gasteiger partial charge in [-0.2, -0.15) is 0 Å². The number of carbonyl (C=O) groups is 1. The van der Waals surface area contributed by atoms with E-state index in [0.29, 0.717) is 11.9 Å². The SMILES string of the molecule is CC1CN(C(=O)C2CSc3ccccc32)CCN1. The molecule has 0 radical (unpaired) electrons. The first-order valence-electron chi connectivity index (χ1n) is 6.49. The van der Waals surface area contributed by atoms with Crippen LogP contribution in [0.5, 0.6) is 0 Å². The zero-order valence-corrected chi connectivity index (χ0v) is 11.4. The highest BCUT2D eigenvalue weighted by Gasteiger charge is 2.33. The molecule has 1 amide bonds. The lowest BCUT2D eigenvalue weighted by molar-refractivity contribution is -0.133. The molecule has 4 heteroatoms. The van der Waals surface area contributed by atoms with Gasteiger partial charge < -0.3 is 10.2 Å². The van der Waals surface area contributed by atoms with Crippen LogP contribution in [0, 0.1) is 0 Å². The van der Waals surface area contributed by atoms with Crippen molar-refractivity contribution in [3.63, 3.8) is 0 Å². The van der Waals surface area contributed by atoms with E-state index in [9.17, 15) is 4.79 Å². The van der Waals surface area contributed by atoms with Gasteiger partial charge in [-0.15, -0.1) is 11.8 Å². The summed E-state index contributed by atoms with van der Waals surface area (Å²) in [7, 11) is 0. The summed E-state index contributed by atoms with van der Waals surface area (Å²) in [6.45, 7) is 4.72. The summed E-state index contributed by atoms with van der Waals surface area (Å²) in [5.41, 5.74) is 1.22. The molecule has 0 aromatic heterocycles. The van der Waals surface area contributed by atoms with Crippen LogP contribution in [0.4, 0.5) is 0 Å². The van der Waals surface area contributed by atoms with E-state index in [1.165, 1.54) is 10.5 Å². The number of nitrogens with one attached hydrogen (secondary N) is 1. The molecule has 0 saturated carbocycles. The van der Waals surface area contributed by atoms with Crippen LogP contribution in [0.1, 0.15) is 18.4 Å². The van der Waals surface area contributed by atoms with Crippen LogP contribution in [0.15, 0.2) is 29.2 Å². The maximum Gasteiger partial charge on any atom is 0.231 e. The molecule has 1 fully saturated rings. The van der Waals surface area contributed by atoms with E-state index in [1.54, 1.807) is 11.8 Å². The molecule has 2 aliphatic rings. The fourth-order valence-corrected chi connectivity index (χ4v) is 3.94. The maximum atomic E-state index is 12.6. The van der Waals surface area contributed by atoms with E-state index in [-0.39, 0.29) is 5.92 Å². The van der Waals surface area contributed by atoms with Crippen LogP contribution in [0.25, 0.3) is 0 Å². The van der Waals surface area contributed by atoms with Gasteiger partial charge in [-0.25, -0.2) is 0 Å². The van der Waals surface area contributed by atoms with Gasteiger partial charge in [0.15, 0.2) is 0 Å². The molecule has 0 bridgehead atoms. The predicted octanol–water partition coefficient (Wildman–Crippen LogP) is 1.70. The molecular formula is C14H18N2OS. The number of hydrogen-bond acceptors (Lipinski definition) is 3. The van der Waals surface area contributed by atoms with Crippen LogP contribution in [-0.4, -0.2) is 42.2 Å². The number of nitrogens with zero attached hydrogens (tertiary/aromatic N) is 1. The molecule has 96 valence electrons. The summed E-state index contributed by atoms with van der Waals surface area (Å²) in [5.74, 6) is 1.27. The lowest BCUT2D eigenvalue weighted by Crippen LogP contribution is -2.52. The molecular weight excluding hydrogens is 244 g/mol. The molecule has 3 nitrogen and oxygen atoms in total. The van der Waals surface area contributed by atoms with Crippen molar-refractivity contribution in [2.45, 2.75) is 23.8 Å². The number of carbonyl (C=O) groups excluding carboxylic acids is 1. The van der Waals surface area contributed by atoms with Crippen molar-refractivity contribution < 1.29 is 4.79 Å². The van der Waals surface area contributed by atoms with Crippen LogP contribution in [-0.2, 0) is 4.79 Å². The Morgan fingerprint density at radius 2 is 2.28 bits per heavy atom. The minimum absolute atomic E-state index is 0.0662. The third kappa shape index (κ3) is 2.15. The Balaban J connectivity index is 1.78. The zero-order valence-electron chi connectivity index (χ0n) is 10.6. The van der Waals surface area contributed by atoms with E-state index in [0.717, 1.165) is 25.4 Å². The van der Waals surface area contributed by atoms with Gasteiger partial charge in [0, 0.05) is 36.3 Å². The Labute approximate surface area is 112 Å². The van der Waals surface area contributed by atoms with E-state index >= 15 is 0 Å². The standard InChI is InChI=1S/C14H18N2OS/c1-10-8-16(7-6-15-10)14(17)12-9-18-13-5-3-2-4-11(12)13/h2-5,10,12,15H,6-9H2,1H3. The van der Waals surface area contributed by atoms with Gasteiger partial charge in [-0.1, -0.05) is 18.2 Å². The monoisotopic (exact) mass is 262 g/mol. The average Bonchev–Trinajstić information content (AvgIpc) is 2.82. The van der Waals surface area contributed by atoms with Gasteiger partial charge in [0.1, 0.15) is 0 Å². The summed E-state index contributed by atoms with van der Waals surface area (Å²) in [6, 6.07) is 8.71. The topological polar surface area (TPSA) is 32.3 Å². The molecule has 2 atom stereocenters. The van der Waals surface area contributed by atoms with Gasteiger partial charge >= 0.3 is 0 Å². The van der Waals surface area contributed by atoms with Crippen molar-refractivity contribution in [1.82, 2.24) is 10.2 Å². The number of rotatable bonds is 1. The fraction of sp³-hybridized carbons (Fsp3) is 0.500. The van der Waals surface area contributed by atoms with Crippen molar-refractivity contribution in [3.8, 4) is 0 Å². The lowest BCUT2D eigenvalue weighted by Gasteiger charge is -2.33. The Hall–Kier alpha value is -1.00. The van der Waals surface area contributed by atoms with E-state index in [4.69, 9.17) is 0 Å². The third-order valence-electron chi connectivity index (χ3n) is 3.68. The first-order valence-corrected chi connectivity index (χ1v) is 7.48. The van der Waals surface area contributed by atoms with Crippen molar-refractivity contribution >= 4 is 17.7 Å². The molecule has 18 heavy (non-hydrogen) atoms. The van der Waals surface area contributed by atoms with Crippen LogP contribution in [0.2, 0.25) is 0 Å². The summed E-state index contributed by atoms with van der Waals surface area (Å²) < 4.78 is 0. The van der Waals surface area contributed by atoms with Crippen molar-refractivity contribution in [1.29, 1.82) is 0 Å². The van der Waals surface area contributed by atoms with Crippen LogP contribution >= 0.6 is 11.8 Å². The molecule has 0 aliphatic carbocycles. The van der Waals surface area contributed by atoms with Crippen molar-refractivity contribution in [3.05, 3.63) is 29.8 Å². The highest BCUT2D eigenvalue weighted by molar-refractivity contribution is 7.99. The van der Waals surface area contributed by atoms with Gasteiger partial charge in [-0.3, -0.25) is 4.79 Å². The number of benzene rings is 1. The minimum atomic E-state index is 0.0662. The molecule has 2 heterocycles. The first-order chi connectivity index (χ1) is 8.75. The number of fused-ring (bicyclic) bond motifs is 1. The molecule has 0 spiro atoms. The Kier molecular flexibility index (Phi) is 3.31. The van der Waals surface area contributed by atoms with Gasteiger partial charge in [-0.05, 0) is 18.6 Å². The second-order valence-electron chi connectivity index (χ2n) is 5.04.